The minimum atomic E-state index is -0.525. The smallest absolute Gasteiger partial charge is 0.261 e. The summed E-state index contributed by atoms with van der Waals surface area (Å²) in [6.45, 7) is 1.11. The summed E-state index contributed by atoms with van der Waals surface area (Å²) in [5, 5.41) is 3.30. The number of fused-ring (bicyclic) bond motifs is 1. The van der Waals surface area contributed by atoms with E-state index in [-0.39, 0.29) is 5.56 Å². The molecule has 112 valence electrons. The molecule has 2 rings (SSSR count). The SMILES string of the molecule is COCCCCNC(=O)c1cc2ccc(F)cc2[nH]c1=O. The molecule has 6 heteroatoms. The van der Waals surface area contributed by atoms with Gasteiger partial charge in [0.1, 0.15) is 11.4 Å². The molecule has 0 saturated heterocycles. The maximum absolute atomic E-state index is 13.1. The van der Waals surface area contributed by atoms with Gasteiger partial charge in [0.25, 0.3) is 11.5 Å². The summed E-state index contributed by atoms with van der Waals surface area (Å²) < 4.78 is 18.0. The lowest BCUT2D eigenvalue weighted by molar-refractivity contribution is 0.0950. The van der Waals surface area contributed by atoms with E-state index in [4.69, 9.17) is 4.74 Å². The van der Waals surface area contributed by atoms with E-state index in [0.717, 1.165) is 12.8 Å². The number of carbonyl (C=O) groups is 1. The fourth-order valence-corrected chi connectivity index (χ4v) is 2.01. The topological polar surface area (TPSA) is 71.2 Å². The number of halogens is 1. The molecule has 0 bridgehead atoms. The van der Waals surface area contributed by atoms with Gasteiger partial charge in [-0.25, -0.2) is 4.39 Å². The second-order valence-electron chi connectivity index (χ2n) is 4.70. The quantitative estimate of drug-likeness (QED) is 0.798. The van der Waals surface area contributed by atoms with Crippen LogP contribution in [0.2, 0.25) is 0 Å². The molecule has 0 aliphatic heterocycles. The van der Waals surface area contributed by atoms with Crippen LogP contribution in [0.25, 0.3) is 10.9 Å². The minimum Gasteiger partial charge on any atom is -0.385 e. The predicted octanol–water partition coefficient (Wildman–Crippen LogP) is 1.82. The molecule has 0 spiro atoms. The Balaban J connectivity index is 2.10. The maximum Gasteiger partial charge on any atom is 0.261 e. The van der Waals surface area contributed by atoms with Gasteiger partial charge in [-0.15, -0.1) is 0 Å². The number of H-pyrrole nitrogens is 1. The summed E-state index contributed by atoms with van der Waals surface area (Å²) in [5.41, 5.74) is -0.125. The van der Waals surface area contributed by atoms with Crippen molar-refractivity contribution < 1.29 is 13.9 Å². The fourth-order valence-electron chi connectivity index (χ4n) is 2.01. The highest BCUT2D eigenvalue weighted by atomic mass is 19.1. The molecule has 2 N–H and O–H groups in total. The summed E-state index contributed by atoms with van der Waals surface area (Å²) in [7, 11) is 1.62. The lowest BCUT2D eigenvalue weighted by atomic mass is 10.1. The number of hydrogen-bond donors (Lipinski definition) is 2. The molecule has 1 aromatic carbocycles. The van der Waals surface area contributed by atoms with Gasteiger partial charge >= 0.3 is 0 Å². The molecular formula is C15H17FN2O3. The number of nitrogens with one attached hydrogen (secondary N) is 2. The van der Waals surface area contributed by atoms with Crippen LogP contribution >= 0.6 is 0 Å². The van der Waals surface area contributed by atoms with Crippen molar-refractivity contribution in [2.45, 2.75) is 12.8 Å². The number of unbranched alkanes of at least 4 members (excludes halogenated alkanes) is 1. The Hall–Kier alpha value is -2.21. The predicted molar refractivity (Wildman–Crippen MR) is 78.0 cm³/mol. The minimum absolute atomic E-state index is 0.0286. The number of pyridine rings is 1. The van der Waals surface area contributed by atoms with Crippen LogP contribution < -0.4 is 10.9 Å². The molecule has 0 radical (unpaired) electrons. The number of benzene rings is 1. The van der Waals surface area contributed by atoms with Crippen LogP contribution in [-0.2, 0) is 4.74 Å². The molecular weight excluding hydrogens is 275 g/mol. The molecule has 0 atom stereocenters. The Bertz CT molecular complexity index is 697. The monoisotopic (exact) mass is 292 g/mol. The first kappa shape index (κ1) is 15.2. The van der Waals surface area contributed by atoms with Gasteiger partial charge in [0, 0.05) is 20.3 Å². The number of hydrogen-bond acceptors (Lipinski definition) is 3. The molecule has 0 unspecified atom stereocenters. The van der Waals surface area contributed by atoms with Gasteiger partial charge in [-0.05, 0) is 42.5 Å². The van der Waals surface area contributed by atoms with Crippen LogP contribution in [0.3, 0.4) is 0 Å². The third-order valence-corrected chi connectivity index (χ3v) is 3.11. The number of aromatic amines is 1. The third kappa shape index (κ3) is 3.88. The van der Waals surface area contributed by atoms with Gasteiger partial charge in [0.15, 0.2) is 0 Å². The number of amides is 1. The van der Waals surface area contributed by atoms with Crippen molar-refractivity contribution in [1.29, 1.82) is 0 Å². The Morgan fingerprint density at radius 3 is 2.90 bits per heavy atom. The zero-order chi connectivity index (χ0) is 15.2. The van der Waals surface area contributed by atoms with Crippen molar-refractivity contribution in [3.63, 3.8) is 0 Å². The molecule has 0 aliphatic carbocycles. The average Bonchev–Trinajstić information content (AvgIpc) is 2.46. The van der Waals surface area contributed by atoms with E-state index in [0.29, 0.717) is 24.1 Å². The van der Waals surface area contributed by atoms with E-state index in [1.807, 2.05) is 0 Å². The van der Waals surface area contributed by atoms with Crippen molar-refractivity contribution in [3.8, 4) is 0 Å². The summed E-state index contributed by atoms with van der Waals surface area (Å²) in [4.78, 5) is 26.3. The Kier molecular flexibility index (Phi) is 5.05. The Labute approximate surface area is 121 Å². The van der Waals surface area contributed by atoms with E-state index in [1.165, 1.54) is 24.3 Å². The first-order chi connectivity index (χ1) is 10.1. The van der Waals surface area contributed by atoms with Gasteiger partial charge in [-0.2, -0.15) is 0 Å². The van der Waals surface area contributed by atoms with Crippen LogP contribution in [0.5, 0.6) is 0 Å². The lowest BCUT2D eigenvalue weighted by Gasteiger charge is -2.06. The fraction of sp³-hybridized carbons (Fsp3) is 0.333. The van der Waals surface area contributed by atoms with Gasteiger partial charge in [-0.1, -0.05) is 0 Å². The molecule has 0 saturated carbocycles. The number of methoxy groups -OCH3 is 1. The number of carbonyl (C=O) groups excluding carboxylic acids is 1. The summed E-state index contributed by atoms with van der Waals surface area (Å²) in [6.07, 6.45) is 1.61. The van der Waals surface area contributed by atoms with Crippen molar-refractivity contribution >= 4 is 16.8 Å². The van der Waals surface area contributed by atoms with Crippen molar-refractivity contribution in [2.24, 2.45) is 0 Å². The molecule has 1 heterocycles. The Morgan fingerprint density at radius 1 is 1.33 bits per heavy atom. The molecule has 0 fully saturated rings. The highest BCUT2D eigenvalue weighted by Crippen LogP contribution is 2.12. The van der Waals surface area contributed by atoms with Gasteiger partial charge < -0.3 is 15.0 Å². The van der Waals surface area contributed by atoms with Crippen LogP contribution in [0.1, 0.15) is 23.2 Å². The first-order valence-electron chi connectivity index (χ1n) is 6.71. The van der Waals surface area contributed by atoms with Gasteiger partial charge in [0.2, 0.25) is 0 Å². The van der Waals surface area contributed by atoms with Crippen LogP contribution in [0, 0.1) is 5.82 Å². The van der Waals surface area contributed by atoms with E-state index in [9.17, 15) is 14.0 Å². The second kappa shape index (κ2) is 6.99. The first-order valence-corrected chi connectivity index (χ1v) is 6.71. The zero-order valence-corrected chi connectivity index (χ0v) is 11.7. The van der Waals surface area contributed by atoms with E-state index in [1.54, 1.807) is 7.11 Å². The van der Waals surface area contributed by atoms with Crippen LogP contribution in [0.4, 0.5) is 4.39 Å². The van der Waals surface area contributed by atoms with Crippen LogP contribution in [0.15, 0.2) is 29.1 Å². The van der Waals surface area contributed by atoms with E-state index >= 15 is 0 Å². The molecule has 21 heavy (non-hydrogen) atoms. The standard InChI is InChI=1S/C15H17FN2O3/c1-21-7-3-2-6-17-14(19)12-8-10-4-5-11(16)9-13(10)18-15(12)20/h4-5,8-9H,2-3,6-7H2,1H3,(H,17,19)(H,18,20). The lowest BCUT2D eigenvalue weighted by Crippen LogP contribution is -2.30. The molecule has 5 nitrogen and oxygen atoms in total. The normalized spacial score (nSPS) is 10.8. The van der Waals surface area contributed by atoms with Crippen LogP contribution in [-0.4, -0.2) is 31.2 Å². The van der Waals surface area contributed by atoms with E-state index < -0.39 is 17.3 Å². The summed E-state index contributed by atoms with van der Waals surface area (Å²) in [6, 6.07) is 5.50. The second-order valence-corrected chi connectivity index (χ2v) is 4.70. The van der Waals surface area contributed by atoms with Gasteiger partial charge in [0.05, 0.1) is 5.52 Å². The van der Waals surface area contributed by atoms with Crippen molar-refractivity contribution in [1.82, 2.24) is 10.3 Å². The molecule has 1 aromatic heterocycles. The summed E-state index contributed by atoms with van der Waals surface area (Å²) >= 11 is 0. The number of aromatic nitrogens is 1. The zero-order valence-electron chi connectivity index (χ0n) is 11.7. The molecule has 1 amide bonds. The highest BCUT2D eigenvalue weighted by molar-refractivity contribution is 5.97. The Morgan fingerprint density at radius 2 is 2.14 bits per heavy atom. The van der Waals surface area contributed by atoms with Gasteiger partial charge in [-0.3, -0.25) is 9.59 Å². The number of ether oxygens (including phenoxy) is 1. The van der Waals surface area contributed by atoms with Crippen molar-refractivity contribution in [2.75, 3.05) is 20.3 Å². The third-order valence-electron chi connectivity index (χ3n) is 3.11. The largest absolute Gasteiger partial charge is 0.385 e. The highest BCUT2D eigenvalue weighted by Gasteiger charge is 2.11. The maximum atomic E-state index is 13.1. The number of rotatable bonds is 6. The molecule has 0 aliphatic rings. The van der Waals surface area contributed by atoms with Crippen molar-refractivity contribution in [3.05, 3.63) is 46.0 Å². The average molecular weight is 292 g/mol. The molecule has 2 aromatic rings. The summed E-state index contributed by atoms with van der Waals surface area (Å²) in [5.74, 6) is -0.867. The van der Waals surface area contributed by atoms with E-state index in [2.05, 4.69) is 10.3 Å².